The molecule has 0 aliphatic carbocycles. The number of hydrogen-bond acceptors (Lipinski definition) is 3. The molecule has 27 heavy (non-hydrogen) atoms. The van der Waals surface area contributed by atoms with E-state index < -0.39 is 23.5 Å². The lowest BCUT2D eigenvalue weighted by atomic mass is 9.58. The SMILES string of the molecule is CC(C(C)(C)C)C1(C(=O)O)CCN(C(=O)O)C[C@@H]1N[C@@H](C)c1ccccc1. The zero-order valence-corrected chi connectivity index (χ0v) is 16.9. The monoisotopic (exact) mass is 376 g/mol. The fourth-order valence-electron chi connectivity index (χ4n) is 4.22. The lowest BCUT2D eigenvalue weighted by Crippen LogP contribution is -2.65. The summed E-state index contributed by atoms with van der Waals surface area (Å²) >= 11 is 0. The van der Waals surface area contributed by atoms with E-state index in [2.05, 4.69) is 5.32 Å². The first-order valence-corrected chi connectivity index (χ1v) is 9.52. The van der Waals surface area contributed by atoms with Gasteiger partial charge >= 0.3 is 12.1 Å². The Labute approximate surface area is 161 Å². The van der Waals surface area contributed by atoms with Crippen molar-refractivity contribution in [2.24, 2.45) is 16.7 Å². The number of carboxylic acids is 1. The molecule has 1 aromatic rings. The molecule has 2 unspecified atom stereocenters. The number of likely N-dealkylation sites (tertiary alicyclic amines) is 1. The lowest BCUT2D eigenvalue weighted by molar-refractivity contribution is -0.163. The summed E-state index contributed by atoms with van der Waals surface area (Å²) in [6.45, 7) is 10.5. The third-order valence-electron chi connectivity index (χ3n) is 6.31. The molecule has 1 fully saturated rings. The Balaban J connectivity index is 2.42. The molecular weight excluding hydrogens is 344 g/mol. The van der Waals surface area contributed by atoms with Crippen molar-refractivity contribution < 1.29 is 19.8 Å². The molecule has 1 heterocycles. The second-order valence-electron chi connectivity index (χ2n) is 8.76. The minimum absolute atomic E-state index is 0.0872. The molecule has 0 saturated carbocycles. The van der Waals surface area contributed by atoms with Gasteiger partial charge in [0, 0.05) is 25.2 Å². The fraction of sp³-hybridized carbons (Fsp3) is 0.619. The summed E-state index contributed by atoms with van der Waals surface area (Å²) in [5.74, 6) is -0.994. The van der Waals surface area contributed by atoms with Crippen LogP contribution in [0, 0.1) is 16.7 Å². The molecule has 0 spiro atoms. The molecule has 2 rings (SSSR count). The van der Waals surface area contributed by atoms with E-state index in [0.29, 0.717) is 6.42 Å². The van der Waals surface area contributed by atoms with Gasteiger partial charge in [-0.15, -0.1) is 0 Å². The Morgan fingerprint density at radius 3 is 2.26 bits per heavy atom. The van der Waals surface area contributed by atoms with Crippen molar-refractivity contribution in [1.82, 2.24) is 10.2 Å². The number of hydrogen-bond donors (Lipinski definition) is 3. The van der Waals surface area contributed by atoms with Crippen LogP contribution in [0.3, 0.4) is 0 Å². The molecule has 6 heteroatoms. The Kier molecular flexibility index (Phi) is 6.20. The van der Waals surface area contributed by atoms with Crippen LogP contribution in [0.4, 0.5) is 4.79 Å². The summed E-state index contributed by atoms with van der Waals surface area (Å²) in [5.41, 5.74) is -0.208. The van der Waals surface area contributed by atoms with Gasteiger partial charge in [0.2, 0.25) is 0 Å². The van der Waals surface area contributed by atoms with E-state index in [1.165, 1.54) is 4.90 Å². The Hall–Kier alpha value is -2.08. The second kappa shape index (κ2) is 7.89. The van der Waals surface area contributed by atoms with Crippen LogP contribution in [-0.4, -0.2) is 46.3 Å². The minimum atomic E-state index is -1.03. The van der Waals surface area contributed by atoms with Gasteiger partial charge in [-0.05, 0) is 30.2 Å². The maximum atomic E-state index is 12.6. The number of benzene rings is 1. The molecule has 3 N–H and O–H groups in total. The summed E-state index contributed by atoms with van der Waals surface area (Å²) in [6, 6.07) is 9.24. The minimum Gasteiger partial charge on any atom is -0.481 e. The van der Waals surface area contributed by atoms with Crippen LogP contribution < -0.4 is 5.32 Å². The van der Waals surface area contributed by atoms with Gasteiger partial charge in [-0.2, -0.15) is 0 Å². The van der Waals surface area contributed by atoms with Crippen LogP contribution in [0.2, 0.25) is 0 Å². The molecule has 6 nitrogen and oxygen atoms in total. The molecule has 1 amide bonds. The van der Waals surface area contributed by atoms with Gasteiger partial charge in [-0.1, -0.05) is 58.0 Å². The highest BCUT2D eigenvalue weighted by molar-refractivity contribution is 5.77. The number of nitrogens with zero attached hydrogens (tertiary/aromatic N) is 1. The normalized spacial score (nSPS) is 25.7. The molecule has 1 aliphatic heterocycles. The molecule has 0 bridgehead atoms. The van der Waals surface area contributed by atoms with Crippen molar-refractivity contribution in [1.29, 1.82) is 0 Å². The van der Waals surface area contributed by atoms with Crippen LogP contribution in [0.15, 0.2) is 30.3 Å². The van der Waals surface area contributed by atoms with Crippen LogP contribution >= 0.6 is 0 Å². The first-order chi connectivity index (χ1) is 12.5. The van der Waals surface area contributed by atoms with Crippen molar-refractivity contribution in [3.8, 4) is 0 Å². The second-order valence-corrected chi connectivity index (χ2v) is 8.76. The quantitative estimate of drug-likeness (QED) is 0.726. The number of aliphatic carboxylic acids is 1. The van der Waals surface area contributed by atoms with Crippen LogP contribution in [0.25, 0.3) is 0 Å². The Bertz CT molecular complexity index is 671. The summed E-state index contributed by atoms with van der Waals surface area (Å²) in [6.07, 6.45) is -0.705. The average Bonchev–Trinajstić information content (AvgIpc) is 2.60. The first kappa shape index (κ1) is 21.2. The van der Waals surface area contributed by atoms with Gasteiger partial charge in [-0.3, -0.25) is 4.79 Å². The number of carbonyl (C=O) groups is 2. The van der Waals surface area contributed by atoms with E-state index in [-0.39, 0.29) is 30.5 Å². The van der Waals surface area contributed by atoms with E-state index in [1.54, 1.807) is 0 Å². The van der Waals surface area contributed by atoms with Crippen molar-refractivity contribution >= 4 is 12.1 Å². The maximum absolute atomic E-state index is 12.6. The van der Waals surface area contributed by atoms with Crippen molar-refractivity contribution in [2.75, 3.05) is 13.1 Å². The Morgan fingerprint density at radius 2 is 1.78 bits per heavy atom. The lowest BCUT2D eigenvalue weighted by Gasteiger charge is -2.52. The van der Waals surface area contributed by atoms with E-state index in [4.69, 9.17) is 0 Å². The van der Waals surface area contributed by atoms with Gasteiger partial charge in [0.25, 0.3) is 0 Å². The smallest absolute Gasteiger partial charge is 0.407 e. The predicted molar refractivity (Wildman–Crippen MR) is 105 cm³/mol. The van der Waals surface area contributed by atoms with E-state index in [0.717, 1.165) is 5.56 Å². The zero-order valence-electron chi connectivity index (χ0n) is 16.9. The van der Waals surface area contributed by atoms with Gasteiger partial charge in [-0.25, -0.2) is 4.79 Å². The zero-order chi connectivity index (χ0) is 20.4. The van der Waals surface area contributed by atoms with E-state index in [9.17, 15) is 19.8 Å². The summed E-state index contributed by atoms with van der Waals surface area (Å²) in [4.78, 5) is 25.4. The molecule has 4 atom stereocenters. The molecule has 0 radical (unpaired) electrons. The van der Waals surface area contributed by atoms with Gasteiger partial charge in [0.1, 0.15) is 0 Å². The number of amides is 1. The van der Waals surface area contributed by atoms with Crippen molar-refractivity contribution in [3.63, 3.8) is 0 Å². The highest BCUT2D eigenvalue weighted by Gasteiger charge is 2.56. The van der Waals surface area contributed by atoms with Gasteiger partial charge in [0.05, 0.1) is 5.41 Å². The highest BCUT2D eigenvalue weighted by atomic mass is 16.4. The molecule has 1 aromatic carbocycles. The predicted octanol–water partition coefficient (Wildman–Crippen LogP) is 3.84. The maximum Gasteiger partial charge on any atom is 0.407 e. The molecule has 150 valence electrons. The molecule has 0 aromatic heterocycles. The van der Waals surface area contributed by atoms with Crippen LogP contribution in [0.1, 0.15) is 52.6 Å². The number of rotatable bonds is 5. The number of piperidine rings is 1. The average molecular weight is 376 g/mol. The molecular formula is C21H32N2O4. The first-order valence-electron chi connectivity index (χ1n) is 9.52. The van der Waals surface area contributed by atoms with Crippen molar-refractivity contribution in [2.45, 2.75) is 53.1 Å². The third-order valence-corrected chi connectivity index (χ3v) is 6.31. The Morgan fingerprint density at radius 1 is 1.19 bits per heavy atom. The summed E-state index contributed by atoms with van der Waals surface area (Å²) in [5, 5.41) is 23.2. The van der Waals surface area contributed by atoms with Gasteiger partial charge in [0.15, 0.2) is 0 Å². The topological polar surface area (TPSA) is 89.9 Å². The third kappa shape index (κ3) is 4.26. The molecule has 1 saturated heterocycles. The number of carboxylic acid groups (broad SMARTS) is 2. The largest absolute Gasteiger partial charge is 0.481 e. The number of nitrogens with one attached hydrogen (secondary N) is 1. The highest BCUT2D eigenvalue weighted by Crippen LogP contribution is 2.47. The van der Waals surface area contributed by atoms with Crippen LogP contribution in [0.5, 0.6) is 0 Å². The van der Waals surface area contributed by atoms with E-state index >= 15 is 0 Å². The van der Waals surface area contributed by atoms with Crippen molar-refractivity contribution in [3.05, 3.63) is 35.9 Å². The molecule has 1 aliphatic rings. The van der Waals surface area contributed by atoms with Gasteiger partial charge < -0.3 is 20.4 Å². The van der Waals surface area contributed by atoms with Crippen LogP contribution in [-0.2, 0) is 4.79 Å². The standard InChI is InChI=1S/C21H32N2O4/c1-14(16-9-7-6-8-10-16)22-17-13-23(19(26)27)12-11-21(17,18(24)25)15(2)20(3,4)5/h6-10,14-15,17,22H,11-13H2,1-5H3,(H,24,25)(H,26,27)/t14-,15?,17-,21?/m0/s1. The fourth-order valence-corrected chi connectivity index (χ4v) is 4.22. The summed E-state index contributed by atoms with van der Waals surface area (Å²) < 4.78 is 0. The summed E-state index contributed by atoms with van der Waals surface area (Å²) in [7, 11) is 0. The van der Waals surface area contributed by atoms with E-state index in [1.807, 2.05) is 65.0 Å².